The molecule has 0 saturated heterocycles. The van der Waals surface area contributed by atoms with Crippen LogP contribution in [0.2, 0.25) is 0 Å². The van der Waals surface area contributed by atoms with Crippen LogP contribution in [0.1, 0.15) is 19.4 Å². The van der Waals surface area contributed by atoms with Crippen LogP contribution >= 0.6 is 11.8 Å². The van der Waals surface area contributed by atoms with Crippen LogP contribution in [-0.4, -0.2) is 31.4 Å². The summed E-state index contributed by atoms with van der Waals surface area (Å²) < 4.78 is 1.98. The Labute approximate surface area is 169 Å². The highest BCUT2D eigenvalue weighted by Gasteiger charge is 2.16. The SMILES string of the molecule is C=C(C)Cn1c(SCC(=O)Nc2ccccc2CC)nnc1-c1ccncc1. The molecule has 6 nitrogen and oxygen atoms in total. The first-order valence-electron chi connectivity index (χ1n) is 9.07. The number of benzene rings is 1. The van der Waals surface area contributed by atoms with Crippen molar-refractivity contribution in [1.29, 1.82) is 0 Å². The van der Waals surface area contributed by atoms with Crippen molar-refractivity contribution in [2.24, 2.45) is 0 Å². The number of aryl methyl sites for hydroxylation is 1. The number of para-hydroxylation sites is 1. The minimum Gasteiger partial charge on any atom is -0.325 e. The van der Waals surface area contributed by atoms with Crippen molar-refractivity contribution in [1.82, 2.24) is 19.7 Å². The first-order chi connectivity index (χ1) is 13.6. The Balaban J connectivity index is 1.74. The van der Waals surface area contributed by atoms with Crippen molar-refractivity contribution in [3.63, 3.8) is 0 Å². The lowest BCUT2D eigenvalue weighted by Crippen LogP contribution is -2.16. The van der Waals surface area contributed by atoms with E-state index in [1.807, 2.05) is 47.9 Å². The summed E-state index contributed by atoms with van der Waals surface area (Å²) in [6, 6.07) is 11.6. The third-order valence-electron chi connectivity index (χ3n) is 4.09. The van der Waals surface area contributed by atoms with E-state index in [2.05, 4.69) is 34.0 Å². The number of amides is 1. The number of hydrogen-bond donors (Lipinski definition) is 1. The van der Waals surface area contributed by atoms with Gasteiger partial charge in [0.1, 0.15) is 0 Å². The Morgan fingerprint density at radius 3 is 2.64 bits per heavy atom. The number of allylic oxidation sites excluding steroid dienone is 1. The van der Waals surface area contributed by atoms with Gasteiger partial charge in [-0.25, -0.2) is 0 Å². The zero-order valence-corrected chi connectivity index (χ0v) is 16.9. The molecule has 1 N–H and O–H groups in total. The number of anilines is 1. The molecule has 0 fully saturated rings. The molecule has 0 aliphatic heterocycles. The average Bonchev–Trinajstić information content (AvgIpc) is 3.09. The Kier molecular flexibility index (Phi) is 6.60. The van der Waals surface area contributed by atoms with E-state index >= 15 is 0 Å². The van der Waals surface area contributed by atoms with Gasteiger partial charge in [-0.15, -0.1) is 10.2 Å². The van der Waals surface area contributed by atoms with Gasteiger partial charge < -0.3 is 5.32 Å². The monoisotopic (exact) mass is 393 g/mol. The molecule has 0 aliphatic rings. The smallest absolute Gasteiger partial charge is 0.234 e. The first kappa shape index (κ1) is 19.8. The number of pyridine rings is 1. The van der Waals surface area contributed by atoms with Crippen LogP contribution in [0.25, 0.3) is 11.4 Å². The van der Waals surface area contributed by atoms with Crippen molar-refractivity contribution in [3.05, 3.63) is 66.5 Å². The molecule has 0 unspecified atom stereocenters. The van der Waals surface area contributed by atoms with Crippen molar-refractivity contribution in [2.45, 2.75) is 32.0 Å². The molecular weight excluding hydrogens is 370 g/mol. The molecule has 0 bridgehead atoms. The van der Waals surface area contributed by atoms with Gasteiger partial charge in [-0.1, -0.05) is 49.0 Å². The second-order valence-electron chi connectivity index (χ2n) is 6.43. The Bertz CT molecular complexity index is 968. The minimum absolute atomic E-state index is 0.0683. The summed E-state index contributed by atoms with van der Waals surface area (Å²) in [7, 11) is 0. The largest absolute Gasteiger partial charge is 0.325 e. The van der Waals surface area contributed by atoms with Crippen LogP contribution in [0.15, 0.2) is 66.1 Å². The van der Waals surface area contributed by atoms with Crippen molar-refractivity contribution in [2.75, 3.05) is 11.1 Å². The summed E-state index contributed by atoms with van der Waals surface area (Å²) in [5.74, 6) is 0.925. The van der Waals surface area contributed by atoms with Crippen LogP contribution in [-0.2, 0) is 17.8 Å². The van der Waals surface area contributed by atoms with Gasteiger partial charge in [-0.2, -0.15) is 0 Å². The zero-order chi connectivity index (χ0) is 19.9. The van der Waals surface area contributed by atoms with E-state index in [1.165, 1.54) is 11.8 Å². The van der Waals surface area contributed by atoms with Gasteiger partial charge in [-0.05, 0) is 37.1 Å². The number of aromatic nitrogens is 4. The molecule has 0 radical (unpaired) electrons. The van der Waals surface area contributed by atoms with E-state index in [9.17, 15) is 4.79 Å². The van der Waals surface area contributed by atoms with Gasteiger partial charge in [-0.3, -0.25) is 14.3 Å². The number of thioether (sulfide) groups is 1. The number of carbonyl (C=O) groups excluding carboxylic acids is 1. The van der Waals surface area contributed by atoms with E-state index in [0.29, 0.717) is 11.7 Å². The van der Waals surface area contributed by atoms with E-state index in [-0.39, 0.29) is 11.7 Å². The number of rotatable bonds is 8. The number of hydrogen-bond acceptors (Lipinski definition) is 5. The summed E-state index contributed by atoms with van der Waals surface area (Å²) >= 11 is 1.37. The fourth-order valence-corrected chi connectivity index (χ4v) is 3.53. The molecule has 1 amide bonds. The van der Waals surface area contributed by atoms with E-state index in [1.54, 1.807) is 12.4 Å². The molecule has 1 aromatic carbocycles. The van der Waals surface area contributed by atoms with Gasteiger partial charge in [0.05, 0.1) is 5.75 Å². The van der Waals surface area contributed by atoms with Gasteiger partial charge in [0.2, 0.25) is 5.91 Å². The van der Waals surface area contributed by atoms with Gasteiger partial charge in [0.25, 0.3) is 0 Å². The quantitative estimate of drug-likeness (QED) is 0.458. The maximum Gasteiger partial charge on any atom is 0.234 e. The molecule has 7 heteroatoms. The van der Waals surface area contributed by atoms with Crippen molar-refractivity contribution < 1.29 is 4.79 Å². The molecule has 0 aliphatic carbocycles. The molecule has 0 atom stereocenters. The summed E-state index contributed by atoms with van der Waals surface area (Å²) in [6.07, 6.45) is 4.31. The molecule has 0 saturated carbocycles. The maximum absolute atomic E-state index is 12.4. The topological polar surface area (TPSA) is 72.7 Å². The van der Waals surface area contributed by atoms with E-state index in [0.717, 1.165) is 34.6 Å². The third-order valence-corrected chi connectivity index (χ3v) is 5.05. The zero-order valence-electron chi connectivity index (χ0n) is 16.1. The molecule has 0 spiro atoms. The normalized spacial score (nSPS) is 10.6. The van der Waals surface area contributed by atoms with Gasteiger partial charge in [0, 0.05) is 30.2 Å². The highest BCUT2D eigenvalue weighted by atomic mass is 32.2. The average molecular weight is 394 g/mol. The van der Waals surface area contributed by atoms with Crippen LogP contribution in [0.4, 0.5) is 5.69 Å². The highest BCUT2D eigenvalue weighted by Crippen LogP contribution is 2.25. The van der Waals surface area contributed by atoms with Gasteiger partial charge in [0.15, 0.2) is 11.0 Å². The standard InChI is InChI=1S/C21H23N5OS/c1-4-16-7-5-6-8-18(16)23-19(27)14-28-21-25-24-20(26(21)13-15(2)3)17-9-11-22-12-10-17/h5-12H,2,4,13-14H2,1,3H3,(H,23,27). The fourth-order valence-electron chi connectivity index (χ4n) is 2.79. The lowest BCUT2D eigenvalue weighted by atomic mass is 10.1. The number of nitrogens with zero attached hydrogens (tertiary/aromatic N) is 4. The van der Waals surface area contributed by atoms with Crippen molar-refractivity contribution in [3.8, 4) is 11.4 Å². The number of nitrogens with one attached hydrogen (secondary N) is 1. The van der Waals surface area contributed by atoms with Gasteiger partial charge >= 0.3 is 0 Å². The molecule has 3 aromatic rings. The molecule has 2 aromatic heterocycles. The summed E-state index contributed by atoms with van der Waals surface area (Å²) in [4.78, 5) is 16.5. The summed E-state index contributed by atoms with van der Waals surface area (Å²) in [6.45, 7) is 8.62. The van der Waals surface area contributed by atoms with Crippen LogP contribution in [0.5, 0.6) is 0 Å². The lowest BCUT2D eigenvalue weighted by Gasteiger charge is -2.11. The van der Waals surface area contributed by atoms with Crippen LogP contribution in [0.3, 0.4) is 0 Å². The molecule has 144 valence electrons. The fraction of sp³-hybridized carbons (Fsp3) is 0.238. The number of carbonyl (C=O) groups is 1. The van der Waals surface area contributed by atoms with E-state index in [4.69, 9.17) is 0 Å². The lowest BCUT2D eigenvalue weighted by molar-refractivity contribution is -0.113. The van der Waals surface area contributed by atoms with E-state index < -0.39 is 0 Å². The second kappa shape index (κ2) is 9.32. The predicted molar refractivity (Wildman–Crippen MR) is 113 cm³/mol. The second-order valence-corrected chi connectivity index (χ2v) is 7.38. The molecular formula is C21H23N5OS. The predicted octanol–water partition coefficient (Wildman–Crippen LogP) is 4.21. The summed E-state index contributed by atoms with van der Waals surface area (Å²) in [5, 5.41) is 12.3. The molecule has 2 heterocycles. The highest BCUT2D eigenvalue weighted by molar-refractivity contribution is 7.99. The minimum atomic E-state index is -0.0683. The van der Waals surface area contributed by atoms with Crippen LogP contribution in [0, 0.1) is 0 Å². The molecule has 3 rings (SSSR count). The Morgan fingerprint density at radius 2 is 1.93 bits per heavy atom. The molecule has 28 heavy (non-hydrogen) atoms. The first-order valence-corrected chi connectivity index (χ1v) is 10.1. The Morgan fingerprint density at radius 1 is 1.18 bits per heavy atom. The summed E-state index contributed by atoms with van der Waals surface area (Å²) in [5.41, 5.74) is 3.89. The maximum atomic E-state index is 12.4. The third kappa shape index (κ3) is 4.86. The van der Waals surface area contributed by atoms with Crippen LogP contribution < -0.4 is 5.32 Å². The Hall–Kier alpha value is -2.93. The van der Waals surface area contributed by atoms with Crippen molar-refractivity contribution >= 4 is 23.4 Å².